The zero-order chi connectivity index (χ0) is 19.2. The van der Waals surface area contributed by atoms with E-state index in [1.807, 2.05) is 12.1 Å². The number of methoxy groups -OCH3 is 1. The molecular formula is C18H20BrN5O3. The molecule has 2 N–H and O–H groups in total. The molecule has 0 atom stereocenters. The van der Waals surface area contributed by atoms with Gasteiger partial charge in [0.2, 0.25) is 0 Å². The highest BCUT2D eigenvalue weighted by atomic mass is 79.9. The number of ether oxygens (including phenoxy) is 2. The standard InChI is InChI=1S/C18H20BrN5O3/c1-3-4-5-8-27-15-10-16(26-2)13(19)9-12(15)14-7-6-11(18(25)20-14)17-21-23-24-22-17/h6-7,9-10H,3-5,8H2,1-2H3,(H,20,25)(H,21,22,23,24). The number of rotatable bonds is 8. The van der Waals surface area contributed by atoms with Crippen LogP contribution >= 0.6 is 15.9 Å². The molecule has 1 aromatic carbocycles. The summed E-state index contributed by atoms with van der Waals surface area (Å²) in [6, 6.07) is 7.16. The van der Waals surface area contributed by atoms with Crippen molar-refractivity contribution in [2.24, 2.45) is 0 Å². The summed E-state index contributed by atoms with van der Waals surface area (Å²) in [5.74, 6) is 1.63. The average Bonchev–Trinajstić information content (AvgIpc) is 3.20. The molecule has 142 valence electrons. The predicted molar refractivity (Wildman–Crippen MR) is 105 cm³/mol. The minimum atomic E-state index is -0.296. The van der Waals surface area contributed by atoms with Gasteiger partial charge in [0.25, 0.3) is 5.56 Å². The van der Waals surface area contributed by atoms with E-state index in [2.05, 4.69) is 48.5 Å². The van der Waals surface area contributed by atoms with Crippen LogP contribution in [0.2, 0.25) is 0 Å². The number of H-pyrrole nitrogens is 2. The van der Waals surface area contributed by atoms with E-state index in [9.17, 15) is 4.79 Å². The molecule has 0 fully saturated rings. The number of halogens is 1. The lowest BCUT2D eigenvalue weighted by Gasteiger charge is -2.15. The first-order chi connectivity index (χ1) is 13.1. The van der Waals surface area contributed by atoms with E-state index in [4.69, 9.17) is 9.47 Å². The summed E-state index contributed by atoms with van der Waals surface area (Å²) in [6.07, 6.45) is 3.17. The van der Waals surface area contributed by atoms with Crippen molar-refractivity contribution in [1.82, 2.24) is 25.6 Å². The second kappa shape index (κ2) is 8.81. The number of hydrogen-bond acceptors (Lipinski definition) is 6. The number of unbranched alkanes of at least 4 members (excludes halogenated alkanes) is 2. The summed E-state index contributed by atoms with van der Waals surface area (Å²) in [5, 5.41) is 13.4. The summed E-state index contributed by atoms with van der Waals surface area (Å²) in [4.78, 5) is 15.4. The van der Waals surface area contributed by atoms with Crippen molar-refractivity contribution in [2.75, 3.05) is 13.7 Å². The maximum absolute atomic E-state index is 12.5. The average molecular weight is 434 g/mol. The van der Waals surface area contributed by atoms with Gasteiger partial charge < -0.3 is 14.5 Å². The molecule has 0 aliphatic carbocycles. The van der Waals surface area contributed by atoms with E-state index >= 15 is 0 Å². The number of nitrogens with one attached hydrogen (secondary N) is 2. The maximum atomic E-state index is 12.5. The SMILES string of the molecule is CCCCCOc1cc(OC)c(Br)cc1-c1ccc(-c2nnn[nH]2)c(=O)[nH]1. The minimum absolute atomic E-state index is 0.296. The Morgan fingerprint density at radius 1 is 1.15 bits per heavy atom. The molecule has 0 saturated carbocycles. The van der Waals surface area contributed by atoms with Gasteiger partial charge in [-0.15, -0.1) is 5.10 Å². The van der Waals surface area contributed by atoms with Crippen LogP contribution in [0.3, 0.4) is 0 Å². The maximum Gasteiger partial charge on any atom is 0.259 e. The predicted octanol–water partition coefficient (Wildman–Crippen LogP) is 3.56. The van der Waals surface area contributed by atoms with Gasteiger partial charge in [0.1, 0.15) is 11.5 Å². The summed E-state index contributed by atoms with van der Waals surface area (Å²) in [5.41, 5.74) is 1.46. The van der Waals surface area contributed by atoms with Crippen molar-refractivity contribution in [3.05, 3.63) is 39.1 Å². The van der Waals surface area contributed by atoms with Crippen LogP contribution in [0.25, 0.3) is 22.6 Å². The number of aromatic amines is 2. The number of hydrogen-bond donors (Lipinski definition) is 2. The van der Waals surface area contributed by atoms with E-state index < -0.39 is 0 Å². The van der Waals surface area contributed by atoms with Gasteiger partial charge in [0.15, 0.2) is 5.82 Å². The topological polar surface area (TPSA) is 106 Å². The first-order valence-electron chi connectivity index (χ1n) is 8.62. The molecule has 3 rings (SSSR count). The summed E-state index contributed by atoms with van der Waals surface area (Å²) >= 11 is 3.49. The second-order valence-corrected chi connectivity index (χ2v) is 6.76. The highest BCUT2D eigenvalue weighted by Crippen LogP contribution is 2.38. The molecule has 0 aliphatic heterocycles. The van der Waals surface area contributed by atoms with Crippen LogP contribution < -0.4 is 15.0 Å². The summed E-state index contributed by atoms with van der Waals surface area (Å²) in [6.45, 7) is 2.74. The van der Waals surface area contributed by atoms with Gasteiger partial charge in [-0.2, -0.15) is 0 Å². The van der Waals surface area contributed by atoms with Crippen LogP contribution in [0, 0.1) is 0 Å². The Morgan fingerprint density at radius 3 is 2.67 bits per heavy atom. The molecular weight excluding hydrogens is 414 g/mol. The first-order valence-corrected chi connectivity index (χ1v) is 9.41. The monoisotopic (exact) mass is 433 g/mol. The van der Waals surface area contributed by atoms with Crippen LogP contribution in [0.4, 0.5) is 0 Å². The fourth-order valence-corrected chi connectivity index (χ4v) is 3.15. The van der Waals surface area contributed by atoms with E-state index in [0.29, 0.717) is 35.2 Å². The van der Waals surface area contributed by atoms with Crippen molar-refractivity contribution < 1.29 is 9.47 Å². The van der Waals surface area contributed by atoms with Crippen molar-refractivity contribution in [3.63, 3.8) is 0 Å². The van der Waals surface area contributed by atoms with E-state index in [1.165, 1.54) is 0 Å². The third-order valence-corrected chi connectivity index (χ3v) is 4.68. The highest BCUT2D eigenvalue weighted by Gasteiger charge is 2.15. The molecule has 3 aromatic rings. The van der Waals surface area contributed by atoms with Gasteiger partial charge in [-0.3, -0.25) is 4.79 Å². The molecule has 0 amide bonds. The van der Waals surface area contributed by atoms with Gasteiger partial charge in [-0.25, -0.2) is 5.10 Å². The Hall–Kier alpha value is -2.68. The van der Waals surface area contributed by atoms with Crippen molar-refractivity contribution in [2.45, 2.75) is 26.2 Å². The van der Waals surface area contributed by atoms with Gasteiger partial charge in [-0.1, -0.05) is 19.8 Å². The lowest BCUT2D eigenvalue weighted by Crippen LogP contribution is -2.11. The third kappa shape index (κ3) is 4.36. The molecule has 27 heavy (non-hydrogen) atoms. The molecule has 2 heterocycles. The van der Waals surface area contributed by atoms with Crippen molar-refractivity contribution in [3.8, 4) is 34.1 Å². The normalized spacial score (nSPS) is 10.8. The molecule has 8 nitrogen and oxygen atoms in total. The molecule has 2 aromatic heterocycles. The molecule has 0 bridgehead atoms. The van der Waals surface area contributed by atoms with Crippen molar-refractivity contribution >= 4 is 15.9 Å². The first kappa shape index (κ1) is 19.1. The molecule has 0 aliphatic rings. The summed E-state index contributed by atoms with van der Waals surface area (Å²) in [7, 11) is 1.60. The fraction of sp³-hybridized carbons (Fsp3) is 0.333. The zero-order valence-electron chi connectivity index (χ0n) is 15.1. The quantitative estimate of drug-likeness (QED) is 0.526. The minimum Gasteiger partial charge on any atom is -0.495 e. The van der Waals surface area contributed by atoms with Crippen molar-refractivity contribution in [1.29, 1.82) is 0 Å². The molecule has 0 spiro atoms. The molecule has 0 unspecified atom stereocenters. The Balaban J connectivity index is 1.98. The molecule has 0 saturated heterocycles. The van der Waals surface area contributed by atoms with E-state index in [-0.39, 0.29) is 5.56 Å². The highest BCUT2D eigenvalue weighted by molar-refractivity contribution is 9.10. The number of tetrazole rings is 1. The molecule has 9 heteroatoms. The summed E-state index contributed by atoms with van der Waals surface area (Å²) < 4.78 is 12.1. The van der Waals surface area contributed by atoms with E-state index in [0.717, 1.165) is 29.3 Å². The van der Waals surface area contributed by atoms with Crippen LogP contribution in [0.15, 0.2) is 33.5 Å². The fourth-order valence-electron chi connectivity index (χ4n) is 2.65. The smallest absolute Gasteiger partial charge is 0.259 e. The largest absolute Gasteiger partial charge is 0.495 e. The number of benzene rings is 1. The zero-order valence-corrected chi connectivity index (χ0v) is 16.7. The number of nitrogens with zero attached hydrogens (tertiary/aromatic N) is 3. The van der Waals surface area contributed by atoms with Gasteiger partial charge >= 0.3 is 0 Å². The second-order valence-electron chi connectivity index (χ2n) is 5.90. The Kier molecular flexibility index (Phi) is 6.23. The van der Waals surface area contributed by atoms with E-state index in [1.54, 1.807) is 19.2 Å². The van der Waals surface area contributed by atoms with Crippen LogP contribution in [0.1, 0.15) is 26.2 Å². The number of aromatic nitrogens is 5. The van der Waals surface area contributed by atoms with Crippen LogP contribution in [-0.4, -0.2) is 39.3 Å². The Bertz CT molecular complexity index is 956. The Morgan fingerprint density at radius 2 is 2.00 bits per heavy atom. The third-order valence-electron chi connectivity index (χ3n) is 4.06. The lowest BCUT2D eigenvalue weighted by atomic mass is 10.1. The van der Waals surface area contributed by atoms with Gasteiger partial charge in [0.05, 0.1) is 29.4 Å². The molecule has 0 radical (unpaired) electrons. The van der Waals surface area contributed by atoms with Crippen LogP contribution in [0.5, 0.6) is 11.5 Å². The van der Waals surface area contributed by atoms with Gasteiger partial charge in [0, 0.05) is 11.6 Å². The van der Waals surface area contributed by atoms with Gasteiger partial charge in [-0.05, 0) is 51.0 Å². The van der Waals surface area contributed by atoms with Crippen LogP contribution in [-0.2, 0) is 0 Å². The number of pyridine rings is 1. The lowest BCUT2D eigenvalue weighted by molar-refractivity contribution is 0.305. The Labute approximate surface area is 164 Å².